The van der Waals surface area contributed by atoms with Gasteiger partial charge in [-0.25, -0.2) is 0 Å². The van der Waals surface area contributed by atoms with E-state index in [0.717, 1.165) is 17.5 Å². The summed E-state index contributed by atoms with van der Waals surface area (Å²) >= 11 is 0. The molecule has 2 aliphatic rings. The van der Waals surface area contributed by atoms with Crippen LogP contribution in [0.2, 0.25) is 0 Å². The van der Waals surface area contributed by atoms with Gasteiger partial charge in [0, 0.05) is 5.39 Å². The molecular weight excluding hydrogens is 489 g/mol. The molecule has 0 radical (unpaired) electrons. The van der Waals surface area contributed by atoms with Crippen molar-refractivity contribution >= 4 is 24.3 Å². The predicted octanol–water partition coefficient (Wildman–Crippen LogP) is 4.69. The van der Waals surface area contributed by atoms with Crippen LogP contribution >= 0.6 is 7.60 Å². The van der Waals surface area contributed by atoms with E-state index in [1.165, 1.54) is 64.2 Å². The number of aliphatic carboxylic acids is 1. The van der Waals surface area contributed by atoms with Crippen molar-refractivity contribution in [1.29, 1.82) is 0 Å². The fourth-order valence-electron chi connectivity index (χ4n) is 5.61. The molecule has 0 heterocycles. The fraction of sp³-hybridized carbons (Fsp3) is 0.621. The van der Waals surface area contributed by atoms with Crippen molar-refractivity contribution in [3.63, 3.8) is 0 Å². The van der Waals surface area contributed by atoms with Crippen molar-refractivity contribution < 1.29 is 33.9 Å². The summed E-state index contributed by atoms with van der Waals surface area (Å²) in [6.07, 6.45) is 14.7. The van der Waals surface area contributed by atoms with Crippen molar-refractivity contribution in [2.24, 2.45) is 0 Å². The van der Waals surface area contributed by atoms with E-state index < -0.39 is 19.2 Å². The smallest absolute Gasteiger partial charge is 0.339 e. The summed E-state index contributed by atoms with van der Waals surface area (Å²) in [6, 6.07) is 12.5. The molecule has 0 aromatic heterocycles. The van der Waals surface area contributed by atoms with E-state index in [4.69, 9.17) is 9.05 Å². The van der Waals surface area contributed by atoms with Crippen LogP contribution in [-0.2, 0) is 24.8 Å². The topological polar surface area (TPSA) is 112 Å². The fourth-order valence-corrected chi connectivity index (χ4v) is 7.45. The number of phenols is 1. The maximum Gasteiger partial charge on any atom is 0.339 e. The third-order valence-corrected chi connectivity index (χ3v) is 9.91. The van der Waals surface area contributed by atoms with Crippen molar-refractivity contribution in [1.82, 2.24) is 0 Å². The zero-order chi connectivity index (χ0) is 26.7. The van der Waals surface area contributed by atoms with Gasteiger partial charge >= 0.3 is 7.60 Å². The minimum atomic E-state index is -3.90. The minimum Gasteiger partial charge on any atom is -0.549 e. The van der Waals surface area contributed by atoms with Gasteiger partial charge in [-0.15, -0.1) is 0 Å². The van der Waals surface area contributed by atoms with Gasteiger partial charge in [-0.05, 0) is 82.6 Å². The number of aromatic hydroxyl groups is 1. The lowest BCUT2D eigenvalue weighted by Crippen LogP contribution is -2.95. The van der Waals surface area contributed by atoms with Crippen LogP contribution in [0.1, 0.15) is 83.6 Å². The highest BCUT2D eigenvalue weighted by Crippen LogP contribution is 2.54. The normalized spacial score (nSPS) is 18.2. The number of nitrogens with two attached hydrogens (primary N) is 1. The van der Waals surface area contributed by atoms with Gasteiger partial charge in [-0.3, -0.25) is 4.57 Å². The van der Waals surface area contributed by atoms with E-state index in [-0.39, 0.29) is 25.4 Å². The molecule has 1 unspecified atom stereocenters. The van der Waals surface area contributed by atoms with Crippen LogP contribution in [0.4, 0.5) is 0 Å². The number of hydrogen-bond donors (Lipinski definition) is 2. The lowest BCUT2D eigenvalue weighted by molar-refractivity contribution is -0.725. The number of rotatable bonds is 10. The molecule has 0 spiro atoms. The molecule has 7 nitrogen and oxygen atoms in total. The second kappa shape index (κ2) is 14.9. The van der Waals surface area contributed by atoms with Gasteiger partial charge in [-0.1, -0.05) is 49.2 Å². The maximum atomic E-state index is 12.8. The number of carbonyl (C=O) groups is 1. The highest BCUT2D eigenvalue weighted by atomic mass is 31.2. The summed E-state index contributed by atoms with van der Waals surface area (Å²) in [6.45, 7) is 3.30. The van der Waals surface area contributed by atoms with Crippen molar-refractivity contribution in [2.75, 3.05) is 13.2 Å². The summed E-state index contributed by atoms with van der Waals surface area (Å²) in [5, 5.41) is 26.1. The molecule has 1 atom stereocenters. The van der Waals surface area contributed by atoms with Crippen LogP contribution < -0.4 is 10.4 Å². The molecule has 3 N–H and O–H groups in total. The van der Waals surface area contributed by atoms with Crippen molar-refractivity contribution in [3.8, 4) is 5.75 Å². The molecule has 0 saturated heterocycles. The molecule has 0 bridgehead atoms. The standard InChI is InChI=1S/C17H21O6P.C12H23N/c1-3-22-24(21,23-4-2)15(17(19)20)11-13-10-9-12-7-5-6-8-14(12)16(13)18;1-3-7-11(8-4-1)13-12-9-5-2-6-10-12/h5-10,15,18H,3-4,11H2,1-2H3,(H,19,20);11-13H,1-10H2. The molecule has 2 aromatic carbocycles. The molecule has 4 rings (SSSR count). The van der Waals surface area contributed by atoms with Crippen LogP contribution in [0.3, 0.4) is 0 Å². The summed E-state index contributed by atoms with van der Waals surface area (Å²) in [7, 11) is -3.90. The molecular formula is C29H44NO6P. The molecule has 0 aliphatic heterocycles. The largest absolute Gasteiger partial charge is 0.549 e. The quantitative estimate of drug-likeness (QED) is 0.429. The molecule has 2 saturated carbocycles. The Morgan fingerprint density at radius 3 is 2.00 bits per heavy atom. The van der Waals surface area contributed by atoms with E-state index >= 15 is 0 Å². The van der Waals surface area contributed by atoms with Gasteiger partial charge in [0.25, 0.3) is 0 Å². The average Bonchev–Trinajstić information content (AvgIpc) is 2.90. The molecule has 2 fully saturated rings. The summed E-state index contributed by atoms with van der Waals surface area (Å²) in [4.78, 5) is 11.6. The molecule has 2 aliphatic carbocycles. The first kappa shape index (κ1) is 29.6. The number of phenolic OH excluding ortho intramolecular Hbond substituents is 1. The number of quaternary nitrogens is 1. The third kappa shape index (κ3) is 8.54. The first-order valence-electron chi connectivity index (χ1n) is 14.0. The number of fused-ring (bicyclic) bond motifs is 1. The van der Waals surface area contributed by atoms with E-state index in [1.807, 2.05) is 12.1 Å². The van der Waals surface area contributed by atoms with E-state index in [2.05, 4.69) is 5.32 Å². The van der Waals surface area contributed by atoms with Crippen LogP contribution in [-0.4, -0.2) is 42.0 Å². The Hall–Kier alpha value is -1.92. The second-order valence-corrected chi connectivity index (χ2v) is 12.4. The molecule has 0 amide bonds. The first-order valence-corrected chi connectivity index (χ1v) is 15.6. The number of benzene rings is 2. The highest BCUT2D eigenvalue weighted by molar-refractivity contribution is 7.55. The summed E-state index contributed by atoms with van der Waals surface area (Å²) in [5.74, 6) is -1.58. The van der Waals surface area contributed by atoms with E-state index in [0.29, 0.717) is 10.9 Å². The Kier molecular flexibility index (Phi) is 11.9. The highest BCUT2D eigenvalue weighted by Gasteiger charge is 2.37. The first-order chi connectivity index (χ1) is 17.9. The number of hydrogen-bond acceptors (Lipinski definition) is 6. The third-order valence-electron chi connectivity index (χ3n) is 7.51. The van der Waals surface area contributed by atoms with Gasteiger partial charge in [0.1, 0.15) is 11.4 Å². The summed E-state index contributed by atoms with van der Waals surface area (Å²) in [5.41, 5.74) is -1.15. The van der Waals surface area contributed by atoms with E-state index in [1.54, 1.807) is 38.1 Å². The van der Waals surface area contributed by atoms with Crippen LogP contribution in [0.25, 0.3) is 10.8 Å². The Labute approximate surface area is 221 Å². The monoisotopic (exact) mass is 533 g/mol. The SMILES string of the molecule is C1CCC([NH2+]C2CCCCC2)CC1.CCOP(=O)(OCC)C(Cc1ccc2ccccc2c1O)C(=O)[O-]. The molecule has 2 aromatic rings. The van der Waals surface area contributed by atoms with Crippen LogP contribution in [0, 0.1) is 0 Å². The van der Waals surface area contributed by atoms with Gasteiger partial charge in [0.05, 0.1) is 31.3 Å². The van der Waals surface area contributed by atoms with Crippen LogP contribution in [0.15, 0.2) is 36.4 Å². The zero-order valence-electron chi connectivity index (χ0n) is 22.4. The molecule has 8 heteroatoms. The predicted molar refractivity (Wildman–Crippen MR) is 145 cm³/mol. The lowest BCUT2D eigenvalue weighted by atomic mass is 9.91. The molecule has 37 heavy (non-hydrogen) atoms. The molecule has 206 valence electrons. The van der Waals surface area contributed by atoms with Gasteiger partial charge < -0.3 is 29.4 Å². The van der Waals surface area contributed by atoms with Crippen molar-refractivity contribution in [2.45, 2.75) is 102 Å². The zero-order valence-corrected chi connectivity index (χ0v) is 23.3. The Balaban J connectivity index is 0.000000244. The van der Waals surface area contributed by atoms with Crippen molar-refractivity contribution in [3.05, 3.63) is 42.0 Å². The van der Waals surface area contributed by atoms with Gasteiger partial charge in [-0.2, -0.15) is 0 Å². The number of carbonyl (C=O) groups excluding carboxylic acids is 1. The second-order valence-electron chi connectivity index (χ2n) is 10.2. The Morgan fingerprint density at radius 2 is 1.49 bits per heavy atom. The lowest BCUT2D eigenvalue weighted by Gasteiger charge is -2.27. The Bertz CT molecular complexity index is 1010. The number of carboxylic acids is 1. The maximum absolute atomic E-state index is 12.8. The minimum absolute atomic E-state index is 0.0427. The van der Waals surface area contributed by atoms with Gasteiger partial charge in [0.2, 0.25) is 0 Å². The van der Waals surface area contributed by atoms with Crippen LogP contribution in [0.5, 0.6) is 5.75 Å². The Morgan fingerprint density at radius 1 is 0.946 bits per heavy atom. The van der Waals surface area contributed by atoms with Gasteiger partial charge in [0.15, 0.2) is 0 Å². The number of carboxylic acid groups (broad SMARTS) is 1. The van der Waals surface area contributed by atoms with E-state index in [9.17, 15) is 19.6 Å². The summed E-state index contributed by atoms with van der Waals surface area (Å²) < 4.78 is 23.0. The average molecular weight is 534 g/mol.